The summed E-state index contributed by atoms with van der Waals surface area (Å²) in [6, 6.07) is 4.44. The van der Waals surface area contributed by atoms with Crippen molar-refractivity contribution in [1.82, 2.24) is 9.62 Å². The summed E-state index contributed by atoms with van der Waals surface area (Å²) < 4.78 is 38.2. The monoisotopic (exact) mass is 342 g/mol. The van der Waals surface area contributed by atoms with Gasteiger partial charge in [0, 0.05) is 32.1 Å². The van der Waals surface area contributed by atoms with Crippen LogP contribution in [0.2, 0.25) is 0 Å². The topological polar surface area (TPSA) is 84.9 Å². The quantitative estimate of drug-likeness (QED) is 0.863. The average molecular weight is 342 g/mol. The van der Waals surface area contributed by atoms with Crippen molar-refractivity contribution in [3.8, 4) is 11.5 Å². The van der Waals surface area contributed by atoms with Gasteiger partial charge in [0.2, 0.25) is 15.9 Å². The van der Waals surface area contributed by atoms with E-state index in [4.69, 9.17) is 9.47 Å². The Bertz CT molecular complexity index is 666. The molecule has 0 atom stereocenters. The molecular weight excluding hydrogens is 320 g/mol. The molecule has 1 aromatic rings. The lowest BCUT2D eigenvalue weighted by Gasteiger charge is -2.31. The maximum atomic E-state index is 12.6. The second-order valence-corrected chi connectivity index (χ2v) is 7.10. The van der Waals surface area contributed by atoms with Crippen LogP contribution in [0.4, 0.5) is 0 Å². The smallest absolute Gasteiger partial charge is 0.244 e. The van der Waals surface area contributed by atoms with Gasteiger partial charge in [-0.1, -0.05) is 0 Å². The average Bonchev–Trinajstić information content (AvgIpc) is 2.54. The molecule has 0 radical (unpaired) electrons. The highest BCUT2D eigenvalue weighted by Crippen LogP contribution is 2.28. The molecule has 23 heavy (non-hydrogen) atoms. The molecule has 0 unspecified atom stereocenters. The lowest BCUT2D eigenvalue weighted by molar-refractivity contribution is -0.129. The van der Waals surface area contributed by atoms with E-state index in [2.05, 4.69) is 4.72 Å². The van der Waals surface area contributed by atoms with Crippen LogP contribution in [0, 0.1) is 0 Å². The predicted octanol–water partition coefficient (Wildman–Crippen LogP) is 0.993. The van der Waals surface area contributed by atoms with Crippen molar-refractivity contribution < 1.29 is 22.7 Å². The summed E-state index contributed by atoms with van der Waals surface area (Å²) in [7, 11) is -0.833. The first-order valence-electron chi connectivity index (χ1n) is 7.37. The second-order valence-electron chi connectivity index (χ2n) is 5.42. The van der Waals surface area contributed by atoms with E-state index >= 15 is 0 Å². The third-order valence-corrected chi connectivity index (χ3v) is 5.46. The zero-order valence-electron chi connectivity index (χ0n) is 13.5. The summed E-state index contributed by atoms with van der Waals surface area (Å²) in [4.78, 5) is 13.1. The Balaban J connectivity index is 2.15. The number of amides is 1. The molecule has 1 aliphatic rings. The first kappa shape index (κ1) is 17.6. The van der Waals surface area contributed by atoms with E-state index in [0.29, 0.717) is 31.7 Å². The molecule has 2 rings (SSSR count). The van der Waals surface area contributed by atoms with Gasteiger partial charge in [0.1, 0.15) is 16.4 Å². The van der Waals surface area contributed by atoms with Gasteiger partial charge >= 0.3 is 0 Å². The summed E-state index contributed by atoms with van der Waals surface area (Å²) in [6.45, 7) is 2.63. The number of rotatable bonds is 5. The zero-order valence-corrected chi connectivity index (χ0v) is 14.4. The third-order valence-electron chi connectivity index (χ3n) is 3.92. The van der Waals surface area contributed by atoms with Crippen molar-refractivity contribution >= 4 is 15.9 Å². The SMILES string of the molecule is COc1ccc(OC)c(S(=O)(=O)NC2CCN(C(C)=O)CC2)c1. The van der Waals surface area contributed by atoms with Crippen molar-refractivity contribution in [2.45, 2.75) is 30.7 Å². The van der Waals surface area contributed by atoms with E-state index < -0.39 is 10.0 Å². The number of benzene rings is 1. The molecule has 0 bridgehead atoms. The number of piperidine rings is 1. The van der Waals surface area contributed by atoms with Gasteiger partial charge in [0.15, 0.2) is 0 Å². The van der Waals surface area contributed by atoms with Crippen molar-refractivity contribution in [3.05, 3.63) is 18.2 Å². The minimum atomic E-state index is -3.73. The van der Waals surface area contributed by atoms with Crippen LogP contribution in [0.3, 0.4) is 0 Å². The highest BCUT2D eigenvalue weighted by atomic mass is 32.2. The van der Waals surface area contributed by atoms with E-state index in [1.807, 2.05) is 0 Å². The number of likely N-dealkylation sites (tertiary alicyclic amines) is 1. The van der Waals surface area contributed by atoms with Gasteiger partial charge < -0.3 is 14.4 Å². The minimum Gasteiger partial charge on any atom is -0.497 e. The van der Waals surface area contributed by atoms with Crippen LogP contribution in [0.15, 0.2) is 23.1 Å². The first-order valence-corrected chi connectivity index (χ1v) is 8.85. The van der Waals surface area contributed by atoms with E-state index in [1.165, 1.54) is 27.2 Å². The normalized spacial score (nSPS) is 16.2. The lowest BCUT2D eigenvalue weighted by atomic mass is 10.1. The molecule has 8 heteroatoms. The number of carbonyl (C=O) groups is 1. The van der Waals surface area contributed by atoms with Crippen LogP contribution >= 0.6 is 0 Å². The van der Waals surface area contributed by atoms with Crippen molar-refractivity contribution in [2.75, 3.05) is 27.3 Å². The number of hydrogen-bond acceptors (Lipinski definition) is 5. The third kappa shape index (κ3) is 4.14. The number of ether oxygens (including phenoxy) is 2. The lowest BCUT2D eigenvalue weighted by Crippen LogP contribution is -2.45. The number of nitrogens with zero attached hydrogens (tertiary/aromatic N) is 1. The van der Waals surface area contributed by atoms with Gasteiger partial charge in [-0.3, -0.25) is 4.79 Å². The summed E-state index contributed by atoms with van der Waals surface area (Å²) in [5.74, 6) is 0.720. The number of hydrogen-bond donors (Lipinski definition) is 1. The first-order chi connectivity index (χ1) is 10.9. The predicted molar refractivity (Wildman–Crippen MR) is 85.1 cm³/mol. The Labute approximate surface area is 136 Å². The molecule has 1 N–H and O–H groups in total. The molecule has 1 amide bonds. The molecule has 0 saturated carbocycles. The van der Waals surface area contributed by atoms with Crippen molar-refractivity contribution in [3.63, 3.8) is 0 Å². The molecule has 7 nitrogen and oxygen atoms in total. The van der Waals surface area contributed by atoms with Crippen LogP contribution < -0.4 is 14.2 Å². The standard InChI is InChI=1S/C15H22N2O5S/c1-11(18)17-8-6-12(7-9-17)16-23(19,20)15-10-13(21-2)4-5-14(15)22-3/h4-5,10,12,16H,6-9H2,1-3H3. The van der Waals surface area contributed by atoms with Crippen LogP contribution in [-0.2, 0) is 14.8 Å². The summed E-state index contributed by atoms with van der Waals surface area (Å²) in [6.07, 6.45) is 1.18. The number of methoxy groups -OCH3 is 2. The van der Waals surface area contributed by atoms with Crippen LogP contribution in [0.25, 0.3) is 0 Å². The molecule has 0 aromatic heterocycles. The van der Waals surface area contributed by atoms with E-state index in [-0.39, 0.29) is 22.6 Å². The Kier molecular flexibility index (Phi) is 5.48. The molecule has 0 spiro atoms. The fourth-order valence-electron chi connectivity index (χ4n) is 2.59. The Morgan fingerprint density at radius 2 is 1.87 bits per heavy atom. The summed E-state index contributed by atoms with van der Waals surface area (Å²) >= 11 is 0. The molecule has 1 saturated heterocycles. The number of carbonyl (C=O) groups excluding carboxylic acids is 1. The highest BCUT2D eigenvalue weighted by Gasteiger charge is 2.27. The van der Waals surface area contributed by atoms with Gasteiger partial charge in [-0.2, -0.15) is 0 Å². The van der Waals surface area contributed by atoms with Crippen LogP contribution in [0.5, 0.6) is 11.5 Å². The summed E-state index contributed by atoms with van der Waals surface area (Å²) in [5, 5.41) is 0. The van der Waals surface area contributed by atoms with Gasteiger partial charge in [0.25, 0.3) is 0 Å². The van der Waals surface area contributed by atoms with E-state index in [9.17, 15) is 13.2 Å². The van der Waals surface area contributed by atoms with Gasteiger partial charge in [-0.15, -0.1) is 0 Å². The molecule has 1 heterocycles. The Morgan fingerprint density at radius 3 is 2.39 bits per heavy atom. The van der Waals surface area contributed by atoms with Crippen LogP contribution in [-0.4, -0.2) is 52.6 Å². The highest BCUT2D eigenvalue weighted by molar-refractivity contribution is 7.89. The Hall–Kier alpha value is -1.80. The van der Waals surface area contributed by atoms with Gasteiger partial charge in [0.05, 0.1) is 14.2 Å². The molecule has 1 fully saturated rings. The summed E-state index contributed by atoms with van der Waals surface area (Å²) in [5.41, 5.74) is 0. The number of nitrogens with one attached hydrogen (secondary N) is 1. The fraction of sp³-hybridized carbons (Fsp3) is 0.533. The van der Waals surface area contributed by atoms with Crippen molar-refractivity contribution in [1.29, 1.82) is 0 Å². The van der Waals surface area contributed by atoms with E-state index in [0.717, 1.165) is 0 Å². The van der Waals surface area contributed by atoms with Gasteiger partial charge in [-0.25, -0.2) is 13.1 Å². The Morgan fingerprint density at radius 1 is 1.22 bits per heavy atom. The minimum absolute atomic E-state index is 0.0146. The van der Waals surface area contributed by atoms with E-state index in [1.54, 1.807) is 17.0 Å². The molecule has 1 aromatic carbocycles. The largest absolute Gasteiger partial charge is 0.497 e. The molecule has 128 valence electrons. The van der Waals surface area contributed by atoms with Crippen molar-refractivity contribution in [2.24, 2.45) is 0 Å². The fourth-order valence-corrected chi connectivity index (χ4v) is 4.08. The maximum Gasteiger partial charge on any atom is 0.244 e. The second kappa shape index (κ2) is 7.18. The molecular formula is C15H22N2O5S. The maximum absolute atomic E-state index is 12.6. The van der Waals surface area contributed by atoms with Gasteiger partial charge in [-0.05, 0) is 25.0 Å². The number of sulfonamides is 1. The molecule has 0 aliphatic carbocycles. The van der Waals surface area contributed by atoms with Crippen LogP contribution in [0.1, 0.15) is 19.8 Å². The zero-order chi connectivity index (χ0) is 17.0. The molecule has 1 aliphatic heterocycles.